The van der Waals surface area contributed by atoms with Crippen LogP contribution in [-0.2, 0) is 11.3 Å². The molecule has 1 aliphatic carbocycles. The van der Waals surface area contributed by atoms with E-state index in [1.165, 1.54) is 12.8 Å². The number of hydrogen-bond acceptors (Lipinski definition) is 4. The largest absolute Gasteiger partial charge is 0.396 e. The fraction of sp³-hybridized carbons (Fsp3) is 0.692. The van der Waals surface area contributed by atoms with Crippen LogP contribution in [0, 0.1) is 5.92 Å². The van der Waals surface area contributed by atoms with E-state index in [-0.39, 0.29) is 5.91 Å². The van der Waals surface area contributed by atoms with Crippen LogP contribution >= 0.6 is 0 Å². The summed E-state index contributed by atoms with van der Waals surface area (Å²) in [5.74, 6) is 0.594. The molecule has 0 bridgehead atoms. The molecule has 1 heterocycles. The van der Waals surface area contributed by atoms with Gasteiger partial charge >= 0.3 is 0 Å². The minimum atomic E-state index is -0.153. The van der Waals surface area contributed by atoms with E-state index < -0.39 is 0 Å². The Balaban J connectivity index is 1.81. The second kappa shape index (κ2) is 6.06. The number of likely N-dealkylation sites (N-methyl/N-ethyl adjacent to an activating group) is 1. The lowest BCUT2D eigenvalue weighted by Crippen LogP contribution is -2.31. The minimum absolute atomic E-state index is 0.153. The van der Waals surface area contributed by atoms with Crippen LogP contribution in [0.4, 0.5) is 5.69 Å². The molecule has 2 N–H and O–H groups in total. The Bertz CT molecular complexity index is 440. The van der Waals surface area contributed by atoms with E-state index >= 15 is 0 Å². The molecule has 1 amide bonds. The number of aryl methyl sites for hydroxylation is 1. The first kappa shape index (κ1) is 13.9. The average Bonchev–Trinajstić information content (AvgIpc) is 3.15. The first-order valence-corrected chi connectivity index (χ1v) is 6.78. The zero-order valence-electron chi connectivity index (χ0n) is 11.6. The van der Waals surface area contributed by atoms with Gasteiger partial charge in [-0.05, 0) is 25.7 Å². The fourth-order valence-electron chi connectivity index (χ4n) is 1.78. The van der Waals surface area contributed by atoms with Gasteiger partial charge in [-0.1, -0.05) is 0 Å². The van der Waals surface area contributed by atoms with Gasteiger partial charge in [-0.3, -0.25) is 9.48 Å². The zero-order chi connectivity index (χ0) is 13.8. The fourth-order valence-corrected chi connectivity index (χ4v) is 1.78. The first-order valence-electron chi connectivity index (χ1n) is 6.78. The van der Waals surface area contributed by atoms with Crippen molar-refractivity contribution in [1.82, 2.24) is 14.7 Å². The Labute approximate surface area is 113 Å². The maximum atomic E-state index is 12.1. The van der Waals surface area contributed by atoms with Gasteiger partial charge in [0.25, 0.3) is 5.91 Å². The molecule has 0 spiro atoms. The molecule has 6 heteroatoms. The van der Waals surface area contributed by atoms with Crippen molar-refractivity contribution in [3.63, 3.8) is 0 Å². The number of aromatic nitrogens is 2. The lowest BCUT2D eigenvalue weighted by Gasteiger charge is -2.16. The Morgan fingerprint density at radius 3 is 2.95 bits per heavy atom. The molecule has 6 nitrogen and oxygen atoms in total. The highest BCUT2D eigenvalue weighted by atomic mass is 16.5. The molecule has 2 rings (SSSR count). The molecule has 0 unspecified atom stereocenters. The zero-order valence-corrected chi connectivity index (χ0v) is 11.6. The molecule has 1 aliphatic rings. The van der Waals surface area contributed by atoms with E-state index in [1.807, 2.05) is 6.92 Å². The van der Waals surface area contributed by atoms with Crippen LogP contribution in [0.1, 0.15) is 30.3 Å². The lowest BCUT2D eigenvalue weighted by atomic mass is 10.3. The molecule has 0 radical (unpaired) electrons. The van der Waals surface area contributed by atoms with Crippen molar-refractivity contribution in [2.75, 3.05) is 32.5 Å². The van der Waals surface area contributed by atoms with Crippen molar-refractivity contribution < 1.29 is 9.53 Å². The van der Waals surface area contributed by atoms with Crippen molar-refractivity contribution in [2.45, 2.75) is 26.3 Å². The molecule has 1 saturated carbocycles. The maximum Gasteiger partial charge on any atom is 0.276 e. The van der Waals surface area contributed by atoms with Gasteiger partial charge in [0.2, 0.25) is 0 Å². The molecule has 1 aromatic heterocycles. The molecular weight excluding hydrogens is 244 g/mol. The summed E-state index contributed by atoms with van der Waals surface area (Å²) in [7, 11) is 1.74. The number of nitrogens with zero attached hydrogens (tertiary/aromatic N) is 3. The highest BCUT2D eigenvalue weighted by Gasteiger charge is 2.22. The van der Waals surface area contributed by atoms with Gasteiger partial charge in [-0.15, -0.1) is 0 Å². The van der Waals surface area contributed by atoms with E-state index in [1.54, 1.807) is 22.8 Å². The number of rotatable bonds is 7. The van der Waals surface area contributed by atoms with E-state index in [4.69, 9.17) is 10.5 Å². The molecule has 19 heavy (non-hydrogen) atoms. The Hall–Kier alpha value is -1.56. The van der Waals surface area contributed by atoms with Crippen LogP contribution < -0.4 is 5.73 Å². The smallest absolute Gasteiger partial charge is 0.276 e. The second-order valence-electron chi connectivity index (χ2n) is 5.03. The summed E-state index contributed by atoms with van der Waals surface area (Å²) in [5, 5.41) is 4.18. The second-order valence-corrected chi connectivity index (χ2v) is 5.03. The number of nitrogen functional groups attached to an aromatic ring is 1. The first-order chi connectivity index (χ1) is 9.11. The average molecular weight is 266 g/mol. The summed E-state index contributed by atoms with van der Waals surface area (Å²) >= 11 is 0. The molecule has 0 aliphatic heterocycles. The van der Waals surface area contributed by atoms with Crippen LogP contribution in [0.5, 0.6) is 0 Å². The van der Waals surface area contributed by atoms with Crippen LogP contribution in [-0.4, -0.2) is 47.4 Å². The summed E-state index contributed by atoms with van der Waals surface area (Å²) in [6.07, 6.45) is 4.24. The standard InChI is InChI=1S/C13H22N4O2/c1-3-17-8-11(14)12(15-17)13(18)16(2)6-7-19-9-10-4-5-10/h8,10H,3-7,9,14H2,1-2H3. The van der Waals surface area contributed by atoms with Crippen LogP contribution in [0.15, 0.2) is 6.20 Å². The molecule has 1 aromatic rings. The Morgan fingerprint density at radius 1 is 1.63 bits per heavy atom. The van der Waals surface area contributed by atoms with Gasteiger partial charge in [-0.25, -0.2) is 0 Å². The topological polar surface area (TPSA) is 73.4 Å². The highest BCUT2D eigenvalue weighted by molar-refractivity contribution is 5.96. The number of carbonyl (C=O) groups excluding carboxylic acids is 1. The van der Waals surface area contributed by atoms with E-state index in [2.05, 4.69) is 5.10 Å². The Kier molecular flexibility index (Phi) is 4.42. The van der Waals surface area contributed by atoms with E-state index in [0.717, 1.165) is 12.5 Å². The molecule has 0 aromatic carbocycles. The van der Waals surface area contributed by atoms with Gasteiger partial charge < -0.3 is 15.4 Å². The normalized spacial score (nSPS) is 14.6. The SMILES string of the molecule is CCn1cc(N)c(C(=O)N(C)CCOCC2CC2)n1. The van der Waals surface area contributed by atoms with Crippen LogP contribution in [0.25, 0.3) is 0 Å². The van der Waals surface area contributed by atoms with E-state index in [0.29, 0.717) is 31.1 Å². The van der Waals surface area contributed by atoms with E-state index in [9.17, 15) is 4.79 Å². The number of nitrogens with two attached hydrogens (primary N) is 1. The number of anilines is 1. The molecule has 106 valence electrons. The van der Waals surface area contributed by atoms with Crippen LogP contribution in [0.3, 0.4) is 0 Å². The van der Waals surface area contributed by atoms with Gasteiger partial charge in [0, 0.05) is 32.9 Å². The summed E-state index contributed by atoms with van der Waals surface area (Å²) in [6, 6.07) is 0. The van der Waals surface area contributed by atoms with Gasteiger partial charge in [0.1, 0.15) is 0 Å². The predicted molar refractivity (Wildman–Crippen MR) is 72.8 cm³/mol. The van der Waals surface area contributed by atoms with Crippen molar-refractivity contribution in [1.29, 1.82) is 0 Å². The number of hydrogen-bond donors (Lipinski definition) is 1. The third-order valence-corrected chi connectivity index (χ3v) is 3.28. The van der Waals surface area contributed by atoms with Crippen molar-refractivity contribution in [2.24, 2.45) is 5.92 Å². The molecular formula is C13H22N4O2. The third-order valence-electron chi connectivity index (χ3n) is 3.28. The molecule has 1 fully saturated rings. The highest BCUT2D eigenvalue weighted by Crippen LogP contribution is 2.28. The summed E-state index contributed by atoms with van der Waals surface area (Å²) in [4.78, 5) is 13.8. The van der Waals surface area contributed by atoms with Crippen molar-refractivity contribution in [3.8, 4) is 0 Å². The third kappa shape index (κ3) is 3.70. The minimum Gasteiger partial charge on any atom is -0.396 e. The monoisotopic (exact) mass is 266 g/mol. The number of carbonyl (C=O) groups is 1. The summed E-state index contributed by atoms with van der Waals surface area (Å²) in [5.41, 5.74) is 6.55. The van der Waals surface area contributed by atoms with Crippen molar-refractivity contribution in [3.05, 3.63) is 11.9 Å². The quantitative estimate of drug-likeness (QED) is 0.747. The number of amides is 1. The molecule has 0 saturated heterocycles. The Morgan fingerprint density at radius 2 is 2.37 bits per heavy atom. The van der Waals surface area contributed by atoms with Gasteiger partial charge in [0.15, 0.2) is 5.69 Å². The molecule has 0 atom stereocenters. The van der Waals surface area contributed by atoms with Crippen LogP contribution in [0.2, 0.25) is 0 Å². The van der Waals surface area contributed by atoms with Gasteiger partial charge in [0.05, 0.1) is 12.3 Å². The summed E-state index contributed by atoms with van der Waals surface area (Å²) < 4.78 is 7.19. The summed E-state index contributed by atoms with van der Waals surface area (Å²) in [6.45, 7) is 4.59. The number of ether oxygens (including phenoxy) is 1. The lowest BCUT2D eigenvalue weighted by molar-refractivity contribution is 0.0676. The predicted octanol–water partition coefficient (Wildman–Crippen LogP) is 0.984. The van der Waals surface area contributed by atoms with Crippen molar-refractivity contribution >= 4 is 11.6 Å². The maximum absolute atomic E-state index is 12.1. The van der Waals surface area contributed by atoms with Gasteiger partial charge in [-0.2, -0.15) is 5.10 Å².